The Bertz CT molecular complexity index is 135. The van der Waals surface area contributed by atoms with Crippen molar-refractivity contribution in [3.8, 4) is 0 Å². The normalized spacial score (nSPS) is 12.5. The Morgan fingerprint density at radius 3 is 1.73 bits per heavy atom. The largest absolute Gasteiger partial charge is 0.332 e. The fourth-order valence-electron chi connectivity index (χ4n) is 0.993. The van der Waals surface area contributed by atoms with E-state index < -0.39 is 7.60 Å². The van der Waals surface area contributed by atoms with Gasteiger partial charge in [-0.3, -0.25) is 4.57 Å². The van der Waals surface area contributed by atoms with Gasteiger partial charge >= 0.3 is 7.60 Å². The van der Waals surface area contributed by atoms with Crippen LogP contribution in [0.2, 0.25) is 0 Å². The highest BCUT2D eigenvalue weighted by Gasteiger charge is 2.27. The lowest BCUT2D eigenvalue weighted by atomic mass is 10.2. The van der Waals surface area contributed by atoms with Crippen molar-refractivity contribution in [2.45, 2.75) is 39.5 Å². The third kappa shape index (κ3) is 4.57. The van der Waals surface area contributed by atoms with Crippen LogP contribution in [0.3, 0.4) is 0 Å². The van der Waals surface area contributed by atoms with Gasteiger partial charge in [-0.25, -0.2) is 0 Å². The molecule has 0 spiro atoms. The molecule has 0 unspecified atom stereocenters. The van der Waals surface area contributed by atoms with Crippen molar-refractivity contribution < 1.29 is 14.4 Å². The van der Waals surface area contributed by atoms with Crippen LogP contribution < -0.4 is 0 Å². The van der Waals surface area contributed by atoms with Crippen molar-refractivity contribution >= 4 is 7.60 Å². The second-order valence-corrected chi connectivity index (χ2v) is 4.33. The fourth-order valence-corrected chi connectivity index (χ4v) is 2.02. The number of hydrogen-bond donors (Lipinski definition) is 2. The van der Waals surface area contributed by atoms with Crippen LogP contribution in [-0.4, -0.2) is 9.79 Å². The molecule has 0 aliphatic heterocycles. The highest BCUT2D eigenvalue weighted by atomic mass is 31.2. The predicted octanol–water partition coefficient (Wildman–Crippen LogP) is 2.30. The van der Waals surface area contributed by atoms with Crippen LogP contribution in [0.15, 0.2) is 0 Å². The topological polar surface area (TPSA) is 57.5 Å². The summed E-state index contributed by atoms with van der Waals surface area (Å²) in [5.74, 6) is 0. The Labute approximate surface area is 68.0 Å². The van der Waals surface area contributed by atoms with Gasteiger partial charge in [0.1, 0.15) is 0 Å². The molecule has 0 amide bonds. The molecule has 2 N–H and O–H groups in total. The Balaban J connectivity index is 3.99. The first-order valence-corrected chi connectivity index (χ1v) is 5.54. The van der Waals surface area contributed by atoms with Crippen LogP contribution in [0, 0.1) is 5.66 Å². The van der Waals surface area contributed by atoms with Gasteiger partial charge in [-0.2, -0.15) is 0 Å². The first-order valence-electron chi connectivity index (χ1n) is 3.93. The molecular formula is C7H16O3P. The van der Waals surface area contributed by atoms with Crippen molar-refractivity contribution in [3.63, 3.8) is 0 Å². The zero-order chi connectivity index (χ0) is 8.91. The van der Waals surface area contributed by atoms with Crippen LogP contribution in [0.4, 0.5) is 0 Å². The molecule has 0 heterocycles. The van der Waals surface area contributed by atoms with Crippen LogP contribution >= 0.6 is 7.60 Å². The number of rotatable bonds is 5. The molecule has 1 radical (unpaired) electrons. The molecule has 0 atom stereocenters. The summed E-state index contributed by atoms with van der Waals surface area (Å²) in [6, 6.07) is 0. The Hall–Kier alpha value is 0.150. The van der Waals surface area contributed by atoms with Crippen molar-refractivity contribution in [1.29, 1.82) is 0 Å². The molecule has 0 saturated carbocycles. The molecule has 0 saturated heterocycles. The van der Waals surface area contributed by atoms with Crippen LogP contribution in [-0.2, 0) is 4.57 Å². The average molecular weight is 179 g/mol. The van der Waals surface area contributed by atoms with Crippen molar-refractivity contribution in [3.05, 3.63) is 5.66 Å². The summed E-state index contributed by atoms with van der Waals surface area (Å²) in [6.07, 6.45) is 2.72. The first-order chi connectivity index (χ1) is 5.02. The molecule has 11 heavy (non-hydrogen) atoms. The molecule has 4 heteroatoms. The van der Waals surface area contributed by atoms with E-state index in [1.54, 1.807) is 0 Å². The molecule has 0 aromatic heterocycles. The van der Waals surface area contributed by atoms with Crippen LogP contribution in [0.5, 0.6) is 0 Å². The van der Waals surface area contributed by atoms with E-state index in [9.17, 15) is 4.57 Å². The standard InChI is InChI=1S/C7H16O3P/c1-3-5-7(6-4-2)11(8,9)10/h3-6H2,1-2H3,(H2,8,9,10). The van der Waals surface area contributed by atoms with E-state index >= 15 is 0 Å². The molecule has 0 aromatic carbocycles. The minimum atomic E-state index is -3.89. The van der Waals surface area contributed by atoms with Gasteiger partial charge in [0.05, 0.1) is 5.66 Å². The van der Waals surface area contributed by atoms with Gasteiger partial charge in [0, 0.05) is 0 Å². The van der Waals surface area contributed by atoms with E-state index in [1.165, 1.54) is 0 Å². The average Bonchev–Trinajstić information content (AvgIpc) is 1.85. The van der Waals surface area contributed by atoms with Crippen LogP contribution in [0.1, 0.15) is 39.5 Å². The number of hydrogen-bond acceptors (Lipinski definition) is 1. The second-order valence-electron chi connectivity index (χ2n) is 2.61. The van der Waals surface area contributed by atoms with E-state index in [0.29, 0.717) is 18.5 Å². The maximum absolute atomic E-state index is 10.8. The summed E-state index contributed by atoms with van der Waals surface area (Å²) in [4.78, 5) is 17.6. The summed E-state index contributed by atoms with van der Waals surface area (Å²) in [5.41, 5.74) is 0.405. The maximum Gasteiger partial charge on any atom is 0.332 e. The molecule has 0 fully saturated rings. The zero-order valence-electron chi connectivity index (χ0n) is 7.08. The van der Waals surface area contributed by atoms with Gasteiger partial charge in [-0.05, 0) is 12.8 Å². The van der Waals surface area contributed by atoms with E-state index in [-0.39, 0.29) is 0 Å². The molecule has 0 bridgehead atoms. The zero-order valence-corrected chi connectivity index (χ0v) is 7.97. The molecule has 0 rings (SSSR count). The third-order valence-corrected chi connectivity index (χ3v) is 2.76. The quantitative estimate of drug-likeness (QED) is 0.636. The van der Waals surface area contributed by atoms with Crippen molar-refractivity contribution in [2.75, 3.05) is 0 Å². The lowest BCUT2D eigenvalue weighted by molar-refractivity contribution is 0.367. The summed E-state index contributed by atoms with van der Waals surface area (Å²) < 4.78 is 10.8. The molecule has 67 valence electrons. The Morgan fingerprint density at radius 1 is 1.18 bits per heavy atom. The summed E-state index contributed by atoms with van der Waals surface area (Å²) in [7, 11) is -3.89. The molecule has 0 aliphatic carbocycles. The summed E-state index contributed by atoms with van der Waals surface area (Å²) in [5, 5.41) is 0. The van der Waals surface area contributed by atoms with E-state index in [0.717, 1.165) is 12.8 Å². The van der Waals surface area contributed by atoms with Gasteiger partial charge in [0.2, 0.25) is 0 Å². The van der Waals surface area contributed by atoms with E-state index in [1.807, 2.05) is 13.8 Å². The van der Waals surface area contributed by atoms with Gasteiger partial charge in [0.25, 0.3) is 0 Å². The SMILES string of the molecule is CCC[C](CCC)P(=O)(O)O. The minimum Gasteiger partial charge on any atom is -0.324 e. The van der Waals surface area contributed by atoms with E-state index in [2.05, 4.69) is 0 Å². The van der Waals surface area contributed by atoms with E-state index in [4.69, 9.17) is 9.79 Å². The van der Waals surface area contributed by atoms with Crippen molar-refractivity contribution in [2.24, 2.45) is 0 Å². The molecule has 3 nitrogen and oxygen atoms in total. The molecule has 0 aliphatic rings. The van der Waals surface area contributed by atoms with Crippen LogP contribution in [0.25, 0.3) is 0 Å². The van der Waals surface area contributed by atoms with Gasteiger partial charge in [-0.15, -0.1) is 0 Å². The van der Waals surface area contributed by atoms with Crippen molar-refractivity contribution in [1.82, 2.24) is 0 Å². The molecule has 0 aromatic rings. The minimum absolute atomic E-state index is 0.405. The monoisotopic (exact) mass is 179 g/mol. The highest BCUT2D eigenvalue weighted by Crippen LogP contribution is 2.51. The predicted molar refractivity (Wildman–Crippen MR) is 45.1 cm³/mol. The lowest BCUT2D eigenvalue weighted by Gasteiger charge is -2.15. The van der Waals surface area contributed by atoms with Gasteiger partial charge < -0.3 is 9.79 Å². The summed E-state index contributed by atoms with van der Waals surface area (Å²) >= 11 is 0. The first kappa shape index (κ1) is 11.2. The fraction of sp³-hybridized carbons (Fsp3) is 0.857. The van der Waals surface area contributed by atoms with Gasteiger partial charge in [-0.1, -0.05) is 26.7 Å². The Morgan fingerprint density at radius 2 is 1.55 bits per heavy atom. The summed E-state index contributed by atoms with van der Waals surface area (Å²) in [6.45, 7) is 3.84. The van der Waals surface area contributed by atoms with Gasteiger partial charge in [0.15, 0.2) is 0 Å². The smallest absolute Gasteiger partial charge is 0.324 e. The second kappa shape index (κ2) is 4.91. The molecular weight excluding hydrogens is 163 g/mol. The maximum atomic E-state index is 10.8. The lowest BCUT2D eigenvalue weighted by Crippen LogP contribution is -1.97. The third-order valence-electron chi connectivity index (χ3n) is 1.49. The highest BCUT2D eigenvalue weighted by molar-refractivity contribution is 7.55. The Kier molecular flexibility index (Phi) is 4.98.